The third kappa shape index (κ3) is 5.52. The topological polar surface area (TPSA) is 23.9 Å². The Morgan fingerprint density at radius 2 is 1.13 bits per heavy atom. The van der Waals surface area contributed by atoms with Crippen molar-refractivity contribution in [2.24, 2.45) is 0 Å². The zero-order chi connectivity index (χ0) is 37.0. The Morgan fingerprint density at radius 1 is 0.574 bits per heavy atom. The fourth-order valence-electron chi connectivity index (χ4n) is 8.59. The average Bonchev–Trinajstić information content (AvgIpc) is 3.42. The van der Waals surface area contributed by atoms with Gasteiger partial charge in [-0.3, -0.25) is 0 Å². The smallest absolute Gasteiger partial charge is 0.0351 e. The van der Waals surface area contributed by atoms with E-state index < -0.39 is 0 Å². The molecule has 0 fully saturated rings. The second-order valence-electron chi connectivity index (χ2n) is 15.0. The molecule has 0 spiro atoms. The molecule has 0 saturated heterocycles. The molecule has 1 heteroatoms. The normalized spacial score (nSPS) is 13.3. The highest BCUT2D eigenvalue weighted by atomic mass is 14.4. The number of nitrogens with one attached hydrogen (secondary N) is 1. The van der Waals surface area contributed by atoms with Crippen LogP contribution < -0.4 is 0 Å². The zero-order valence-corrected chi connectivity index (χ0v) is 30.8. The van der Waals surface area contributed by atoms with E-state index >= 15 is 0 Å². The van der Waals surface area contributed by atoms with Crippen LogP contribution in [0.1, 0.15) is 37.0 Å². The molecule has 0 bridgehead atoms. The molecule has 0 saturated carbocycles. The highest BCUT2D eigenvalue weighted by molar-refractivity contribution is 6.23. The van der Waals surface area contributed by atoms with Crippen molar-refractivity contribution < 1.29 is 0 Å². The molecular formula is C53H41N. The fraction of sp³-hybridized carbons (Fsp3) is 0.0755. The Morgan fingerprint density at radius 3 is 1.74 bits per heavy atom. The van der Waals surface area contributed by atoms with Gasteiger partial charge >= 0.3 is 0 Å². The molecule has 54 heavy (non-hydrogen) atoms. The maximum absolute atomic E-state index is 8.37. The quantitative estimate of drug-likeness (QED) is 0.0932. The SMILES string of the molecule is C=C/C=C\CC(=N)/C=C\C(=C)c1ccc2c(c1)-c1cc3c(-c4ccc5ccccc5c4)c4ccccc4c(-c4ccc5ccccc5c4)c3cc1C2(C)C. The minimum absolute atomic E-state index is 0.205. The van der Waals surface area contributed by atoms with Gasteiger partial charge in [0.15, 0.2) is 0 Å². The van der Waals surface area contributed by atoms with Gasteiger partial charge in [0.1, 0.15) is 0 Å². The van der Waals surface area contributed by atoms with Crippen LogP contribution >= 0.6 is 0 Å². The molecule has 0 radical (unpaired) electrons. The van der Waals surface area contributed by atoms with E-state index in [4.69, 9.17) is 5.41 Å². The van der Waals surface area contributed by atoms with E-state index in [1.165, 1.54) is 87.6 Å². The Labute approximate surface area is 317 Å². The number of fused-ring (bicyclic) bond motifs is 7. The maximum atomic E-state index is 8.37. The van der Waals surface area contributed by atoms with E-state index in [0.29, 0.717) is 12.1 Å². The van der Waals surface area contributed by atoms with Gasteiger partial charge < -0.3 is 5.41 Å². The minimum Gasteiger partial charge on any atom is -0.305 e. The molecule has 258 valence electrons. The predicted octanol–water partition coefficient (Wildman–Crippen LogP) is 14.7. The Bertz CT molecular complexity index is 2930. The van der Waals surface area contributed by atoms with Crippen molar-refractivity contribution in [1.29, 1.82) is 5.41 Å². The molecule has 1 N–H and O–H groups in total. The number of allylic oxidation sites excluding steroid dienone is 6. The van der Waals surface area contributed by atoms with E-state index in [1.54, 1.807) is 6.08 Å². The number of hydrogen-bond acceptors (Lipinski definition) is 1. The van der Waals surface area contributed by atoms with Gasteiger partial charge in [0.25, 0.3) is 0 Å². The third-order valence-electron chi connectivity index (χ3n) is 11.4. The van der Waals surface area contributed by atoms with Gasteiger partial charge in [-0.25, -0.2) is 0 Å². The lowest BCUT2D eigenvalue weighted by atomic mass is 9.79. The van der Waals surface area contributed by atoms with Crippen LogP contribution in [0.15, 0.2) is 183 Å². The summed E-state index contributed by atoms with van der Waals surface area (Å²) in [5, 5.41) is 18.4. The summed E-state index contributed by atoms with van der Waals surface area (Å²) in [6.07, 6.45) is 9.93. The summed E-state index contributed by atoms with van der Waals surface area (Å²) in [5.41, 5.74) is 12.4. The van der Waals surface area contributed by atoms with Gasteiger partial charge in [-0.15, -0.1) is 0 Å². The summed E-state index contributed by atoms with van der Waals surface area (Å²) >= 11 is 0. The lowest BCUT2D eigenvalue weighted by Crippen LogP contribution is -2.15. The van der Waals surface area contributed by atoms with Gasteiger partial charge in [-0.1, -0.05) is 161 Å². The summed E-state index contributed by atoms with van der Waals surface area (Å²) in [6.45, 7) is 12.9. The second kappa shape index (κ2) is 13.1. The van der Waals surface area contributed by atoms with Crippen LogP contribution in [0.5, 0.6) is 0 Å². The first-order valence-electron chi connectivity index (χ1n) is 18.7. The zero-order valence-electron chi connectivity index (χ0n) is 30.8. The molecule has 0 aliphatic heterocycles. The molecule has 8 aromatic carbocycles. The molecular weight excluding hydrogens is 651 g/mol. The van der Waals surface area contributed by atoms with E-state index in [-0.39, 0.29) is 5.41 Å². The lowest BCUT2D eigenvalue weighted by Gasteiger charge is -2.24. The van der Waals surface area contributed by atoms with Crippen LogP contribution in [-0.2, 0) is 5.41 Å². The van der Waals surface area contributed by atoms with Crippen molar-refractivity contribution >= 4 is 54.4 Å². The number of benzene rings is 8. The molecule has 1 nitrogen and oxygen atoms in total. The first-order chi connectivity index (χ1) is 26.3. The lowest BCUT2D eigenvalue weighted by molar-refractivity contribution is 0.661. The summed E-state index contributed by atoms with van der Waals surface area (Å²) in [7, 11) is 0. The summed E-state index contributed by atoms with van der Waals surface area (Å²) in [4.78, 5) is 0. The molecule has 0 heterocycles. The highest BCUT2D eigenvalue weighted by Gasteiger charge is 2.36. The van der Waals surface area contributed by atoms with Gasteiger partial charge in [-0.05, 0) is 135 Å². The number of hydrogen-bond donors (Lipinski definition) is 1. The summed E-state index contributed by atoms with van der Waals surface area (Å²) in [6, 6.07) is 51.8. The second-order valence-corrected chi connectivity index (χ2v) is 15.0. The molecule has 0 aromatic heterocycles. The van der Waals surface area contributed by atoms with Crippen molar-refractivity contribution in [1.82, 2.24) is 0 Å². The highest BCUT2D eigenvalue weighted by Crippen LogP contribution is 2.54. The molecule has 8 aromatic rings. The maximum Gasteiger partial charge on any atom is 0.0351 e. The van der Waals surface area contributed by atoms with Gasteiger partial charge in [0.05, 0.1) is 0 Å². The molecule has 0 amide bonds. The van der Waals surface area contributed by atoms with Crippen molar-refractivity contribution in [3.63, 3.8) is 0 Å². The van der Waals surface area contributed by atoms with Crippen LogP contribution in [0, 0.1) is 5.41 Å². The predicted molar refractivity (Wildman–Crippen MR) is 235 cm³/mol. The first kappa shape index (κ1) is 33.3. The van der Waals surface area contributed by atoms with Crippen molar-refractivity contribution in [2.75, 3.05) is 0 Å². The van der Waals surface area contributed by atoms with Crippen LogP contribution in [0.25, 0.3) is 82.0 Å². The third-order valence-corrected chi connectivity index (χ3v) is 11.4. The van der Waals surface area contributed by atoms with Crippen LogP contribution in [0.2, 0.25) is 0 Å². The van der Waals surface area contributed by atoms with Crippen molar-refractivity contribution in [3.8, 4) is 33.4 Å². The van der Waals surface area contributed by atoms with Crippen molar-refractivity contribution in [2.45, 2.75) is 25.7 Å². The fourth-order valence-corrected chi connectivity index (χ4v) is 8.59. The molecule has 1 aliphatic carbocycles. The van der Waals surface area contributed by atoms with Crippen LogP contribution in [-0.4, -0.2) is 5.71 Å². The van der Waals surface area contributed by atoms with E-state index in [2.05, 4.69) is 167 Å². The molecule has 1 aliphatic rings. The molecule has 0 atom stereocenters. The van der Waals surface area contributed by atoms with E-state index in [1.807, 2.05) is 24.3 Å². The Kier molecular flexibility index (Phi) is 8.09. The number of rotatable bonds is 8. The summed E-state index contributed by atoms with van der Waals surface area (Å²) in [5.74, 6) is 0. The minimum atomic E-state index is -0.205. The standard InChI is InChI=1S/C53H41N/c1-5-6-7-18-42(54)27-21-34(2)37-26-28-49-45(31-37)46-32-47-48(33-50(46)53(49,3)4)52(41-25-23-36-15-9-11-17-39(36)30-41)44-20-13-12-19-43(44)51(47)40-24-22-35-14-8-10-16-38(35)29-40/h5-17,19-33,54H,1-2,18H2,3-4H3/b7-6-,27-21-,54-42?. The monoisotopic (exact) mass is 691 g/mol. The van der Waals surface area contributed by atoms with Crippen LogP contribution in [0.3, 0.4) is 0 Å². The molecule has 0 unspecified atom stereocenters. The molecule has 9 rings (SSSR count). The van der Waals surface area contributed by atoms with Crippen LogP contribution in [0.4, 0.5) is 0 Å². The largest absolute Gasteiger partial charge is 0.305 e. The Hall–Kier alpha value is -6.57. The Balaban J connectivity index is 1.31. The van der Waals surface area contributed by atoms with Gasteiger partial charge in [0, 0.05) is 17.5 Å². The van der Waals surface area contributed by atoms with Crippen molar-refractivity contribution in [3.05, 3.63) is 200 Å². The first-order valence-corrected chi connectivity index (χ1v) is 18.7. The van der Waals surface area contributed by atoms with Gasteiger partial charge in [0.2, 0.25) is 0 Å². The van der Waals surface area contributed by atoms with E-state index in [9.17, 15) is 0 Å². The van der Waals surface area contributed by atoms with Gasteiger partial charge in [-0.2, -0.15) is 0 Å². The average molecular weight is 692 g/mol. The van der Waals surface area contributed by atoms with E-state index in [0.717, 1.165) is 11.1 Å². The summed E-state index contributed by atoms with van der Waals surface area (Å²) < 4.78 is 0.